The third kappa shape index (κ3) is 21.3. The van der Waals surface area contributed by atoms with Crippen molar-refractivity contribution < 1.29 is 22.5 Å². The van der Waals surface area contributed by atoms with Gasteiger partial charge in [-0.05, 0) is 105 Å². The van der Waals surface area contributed by atoms with Crippen LogP contribution in [-0.4, -0.2) is 93.7 Å². The van der Waals surface area contributed by atoms with Crippen LogP contribution in [0.25, 0.3) is 33.2 Å². The predicted molar refractivity (Wildman–Crippen MR) is 493 cm³/mol. The van der Waals surface area contributed by atoms with Crippen LogP contribution in [0.15, 0.2) is 176 Å². The van der Waals surface area contributed by atoms with Crippen molar-refractivity contribution in [3.05, 3.63) is 250 Å². The third-order valence-electron chi connectivity index (χ3n) is 22.2. The van der Waals surface area contributed by atoms with Crippen molar-refractivity contribution >= 4 is 103 Å². The molecule has 5 aliphatic heterocycles. The minimum absolute atomic E-state index is 0.0819. The number of nitrogens with one attached hydrogen (secondary N) is 2. The molecule has 2 atom stereocenters. The number of aryl methyl sites for hydroxylation is 5. The van der Waals surface area contributed by atoms with Crippen LogP contribution in [0.1, 0.15) is 190 Å². The van der Waals surface area contributed by atoms with Gasteiger partial charge in [-0.2, -0.15) is 37.7 Å². The van der Waals surface area contributed by atoms with Gasteiger partial charge in [0.05, 0.1) is 37.4 Å². The fourth-order valence-corrected chi connectivity index (χ4v) is 15.5. The molecule has 0 amide bonds. The molecule has 650 valence electrons. The molecular formula is C94H113F3N27O+. The summed E-state index contributed by atoms with van der Waals surface area (Å²) in [5.41, 5.74) is 54.6. The number of ether oxygens (including phenoxy) is 1. The second kappa shape index (κ2) is 40.5. The van der Waals surface area contributed by atoms with Gasteiger partial charge >= 0.3 is 12.2 Å². The van der Waals surface area contributed by atoms with Crippen molar-refractivity contribution in [2.45, 2.75) is 202 Å². The number of imidazole rings is 2. The summed E-state index contributed by atoms with van der Waals surface area (Å²) in [7, 11) is 0. The van der Waals surface area contributed by atoms with E-state index in [1.165, 1.54) is 42.4 Å². The summed E-state index contributed by atoms with van der Waals surface area (Å²) in [5, 5.41) is 3.25. The molecule has 14 N–H and O–H groups in total. The van der Waals surface area contributed by atoms with Crippen molar-refractivity contribution in [2.24, 2.45) is 4.99 Å². The molecule has 5 aliphatic rings. The van der Waals surface area contributed by atoms with E-state index in [2.05, 4.69) is 197 Å². The number of anilines is 10. The molecule has 0 aliphatic carbocycles. The molecule has 0 spiro atoms. The van der Waals surface area contributed by atoms with Crippen LogP contribution in [0.4, 0.5) is 77.0 Å². The number of benzene rings is 3. The first-order valence-electron chi connectivity index (χ1n) is 42.9. The molecule has 15 heterocycles. The lowest BCUT2D eigenvalue weighted by atomic mass is 9.96. The maximum atomic E-state index is 12.9. The largest absolute Gasteiger partial charge is 0.463 e. The number of nitrogen functional groups attached to an aromatic ring is 6. The van der Waals surface area contributed by atoms with Gasteiger partial charge in [0, 0.05) is 116 Å². The van der Waals surface area contributed by atoms with Gasteiger partial charge in [-0.15, -0.1) is 0 Å². The van der Waals surface area contributed by atoms with Crippen LogP contribution in [-0.2, 0) is 77.3 Å². The van der Waals surface area contributed by atoms with Crippen molar-refractivity contribution in [1.82, 2.24) is 74.3 Å². The number of aliphatic imine (C=N–C) groups is 1. The highest BCUT2D eigenvalue weighted by atomic mass is 19.4. The molecule has 0 saturated heterocycles. The van der Waals surface area contributed by atoms with Crippen LogP contribution < -0.4 is 63.7 Å². The van der Waals surface area contributed by atoms with Crippen LogP contribution in [0.2, 0.25) is 0 Å². The Bertz CT molecular complexity index is 6000. The Morgan fingerprint density at radius 3 is 1.81 bits per heavy atom. The molecule has 18 rings (SSSR count). The van der Waals surface area contributed by atoms with Gasteiger partial charge in [0.2, 0.25) is 5.95 Å². The third-order valence-corrected chi connectivity index (χ3v) is 22.2. The quantitative estimate of drug-likeness (QED) is 0.0206. The number of unbranched alkanes of at least 4 members (excludes halogenated alkanes) is 5. The Morgan fingerprint density at radius 1 is 0.568 bits per heavy atom. The number of nitrogens with zero attached hydrogens (tertiary/aromatic N) is 19. The van der Waals surface area contributed by atoms with E-state index < -0.39 is 11.9 Å². The number of H-pyrrole nitrogens is 1. The SMILES string of the molecule is C=C1Cc2c(N)nc(NCCCC)nc2N1Cc1ccc(C)nc1.C=C1Cc2c(N)nc(OCCC)nc2N1Cc1ccccc1.C=C1Cc2c(cc(C(F)(F)F)nc2N)N1Cc1ccccc1.CCCCCc1nc(N)c2[nH]cnc2n1.CCCCCc1nc(N)c2c(n1)C(Cc1ccc(CC)cc1)C=N2.Cc1nc2c(N)nc3ccc[n+]4c3c2n1CC4C. The first-order valence-corrected chi connectivity index (χ1v) is 42.9. The second-order valence-electron chi connectivity index (χ2n) is 31.7. The van der Waals surface area contributed by atoms with Gasteiger partial charge in [0.1, 0.15) is 80.0 Å². The Kier molecular flexibility index (Phi) is 28.9. The maximum absolute atomic E-state index is 12.9. The fraction of sp³-hybridized carbons (Fsp3) is 0.351. The van der Waals surface area contributed by atoms with Crippen LogP contribution in [0.5, 0.6) is 6.01 Å². The van der Waals surface area contributed by atoms with Gasteiger partial charge in [-0.25, -0.2) is 39.9 Å². The van der Waals surface area contributed by atoms with E-state index in [1.54, 1.807) is 11.2 Å². The zero-order chi connectivity index (χ0) is 88.6. The number of hydrogen-bond donors (Lipinski definition) is 8. The van der Waals surface area contributed by atoms with E-state index >= 15 is 0 Å². The smallest absolute Gasteiger partial charge is 0.433 e. The number of nitrogens with two attached hydrogens (primary N) is 6. The summed E-state index contributed by atoms with van der Waals surface area (Å²) in [5.74, 6) is 7.56. The summed E-state index contributed by atoms with van der Waals surface area (Å²) >= 11 is 0. The van der Waals surface area contributed by atoms with Crippen molar-refractivity contribution in [3.63, 3.8) is 0 Å². The summed E-state index contributed by atoms with van der Waals surface area (Å²) in [4.78, 5) is 69.9. The predicted octanol–water partition coefficient (Wildman–Crippen LogP) is 17.1. The van der Waals surface area contributed by atoms with Crippen molar-refractivity contribution in [1.29, 1.82) is 0 Å². The van der Waals surface area contributed by atoms with Crippen molar-refractivity contribution in [3.8, 4) is 6.01 Å². The molecule has 28 nitrogen and oxygen atoms in total. The summed E-state index contributed by atoms with van der Waals surface area (Å²) < 4.78 is 48.8. The monoisotopic (exact) mass is 1690 g/mol. The first kappa shape index (κ1) is 89.0. The Hall–Kier alpha value is -13.7. The molecule has 13 aromatic rings. The number of aromatic nitrogens is 16. The number of halogens is 3. The molecule has 0 saturated carbocycles. The van der Waals surface area contributed by atoms with E-state index in [4.69, 9.17) is 44.1 Å². The molecule has 10 aromatic heterocycles. The van der Waals surface area contributed by atoms with Gasteiger partial charge in [0.25, 0.3) is 5.52 Å². The lowest BCUT2D eigenvalue weighted by Gasteiger charge is -2.21. The van der Waals surface area contributed by atoms with E-state index in [9.17, 15) is 13.2 Å². The van der Waals surface area contributed by atoms with Gasteiger partial charge < -0.3 is 68.7 Å². The van der Waals surface area contributed by atoms with Crippen LogP contribution in [0.3, 0.4) is 0 Å². The summed E-state index contributed by atoms with van der Waals surface area (Å²) in [6, 6.07) is 38.5. The standard InChI is InChI=1S/C20H26N4.C18H24N6.C17H20N4O.C16H14F3N3.C13H14N5.C10H15N5/c1-3-5-6-7-17-23-18-16(13-22-19(18)20(21)24-17)12-15-10-8-14(4-2)9-11-15;1-4-5-8-20-18-22-16(19)15-9-13(3)24(17(15)23-18)11-14-7-6-12(2)21-10-14;1-3-9-22-17-19-15(18)14-10-12(2)21(16(14)20-17)11-13-7-5-4-6-8-13;1-10-7-12-13(8-14(16(17,18)19)21-15(12)20)22(10)9-11-5-3-2-4-6-11;1-7-6-18-8(2)15-10-12(18)11-9(16-13(10)14)4-3-5-17(7)11;1-2-3-4-5-7-14-9(11)8-10(15-7)13-6-12-8/h8-11,13,16H,3-7,12H2,1-2H3,(H2,21,23,24);6-7,10H,3-5,8-9,11H2,1-2H3,(H3,19,20,22,23);4-8H,2-3,9-11H2,1H3,(H2,18,19,20);2-6,8H,1,7,9H2,(H2,20,21);3-5,7H,6H2,1-2H3,(H2,14,16);6H,2-5H2,1H3,(H3,11,12,13,14,15)/q;;;;+1;. The molecule has 2 unspecified atom stereocenters. The lowest BCUT2D eigenvalue weighted by molar-refractivity contribution is -0.698. The number of allylic oxidation sites excluding steroid dienone is 3. The summed E-state index contributed by atoms with van der Waals surface area (Å²) in [6.07, 6.45) is 18.7. The Morgan fingerprint density at radius 2 is 1.17 bits per heavy atom. The lowest BCUT2D eigenvalue weighted by Crippen LogP contribution is -2.43. The number of fused-ring (bicyclic) bond motifs is 5. The molecule has 0 fully saturated rings. The normalized spacial score (nSPS) is 14.3. The number of alkyl halides is 3. The van der Waals surface area contributed by atoms with E-state index in [0.29, 0.717) is 109 Å². The van der Waals surface area contributed by atoms with Gasteiger partial charge in [0.15, 0.2) is 35.3 Å². The van der Waals surface area contributed by atoms with E-state index in [0.717, 1.165) is 191 Å². The average Bonchev–Trinajstić information content (AvgIpc) is 1.61. The zero-order valence-electron chi connectivity index (χ0n) is 72.6. The minimum atomic E-state index is -4.52. The summed E-state index contributed by atoms with van der Waals surface area (Å²) in [6.45, 7) is 33.4. The Balaban J connectivity index is 0.000000129. The topological polar surface area (TPSA) is 392 Å². The number of hydrogen-bond acceptors (Lipinski definition) is 25. The highest BCUT2D eigenvalue weighted by Gasteiger charge is 2.38. The second-order valence-corrected chi connectivity index (χ2v) is 31.7. The number of rotatable bonds is 24. The number of aromatic amines is 1. The maximum Gasteiger partial charge on any atom is 0.433 e. The van der Waals surface area contributed by atoms with Crippen molar-refractivity contribution in [2.75, 3.05) is 67.6 Å². The van der Waals surface area contributed by atoms with E-state index in [1.807, 2.05) is 99.9 Å². The van der Waals surface area contributed by atoms with Crippen LogP contribution >= 0.6 is 0 Å². The zero-order valence-corrected chi connectivity index (χ0v) is 72.6. The molecular weight excluding hydrogens is 1580 g/mol. The van der Waals surface area contributed by atoms with E-state index in [-0.39, 0.29) is 11.7 Å². The molecule has 0 bridgehead atoms. The molecule has 125 heavy (non-hydrogen) atoms. The van der Waals surface area contributed by atoms with Gasteiger partial charge in [-0.1, -0.05) is 177 Å². The molecule has 3 aromatic carbocycles. The minimum Gasteiger partial charge on any atom is -0.463 e. The number of pyridine rings is 4. The molecule has 0 radical (unpaired) electrons. The fourth-order valence-electron chi connectivity index (χ4n) is 15.5. The first-order chi connectivity index (χ1) is 60.3. The highest BCUT2D eigenvalue weighted by Crippen LogP contribution is 2.44. The molecule has 31 heteroatoms. The average molecular weight is 1690 g/mol. The van der Waals surface area contributed by atoms with Gasteiger partial charge in [-0.3, -0.25) is 9.98 Å². The highest BCUT2D eigenvalue weighted by molar-refractivity contribution is 6.03. The Labute approximate surface area is 727 Å². The van der Waals surface area contributed by atoms with Crippen LogP contribution in [0, 0.1) is 13.8 Å².